The van der Waals surface area contributed by atoms with Crippen molar-refractivity contribution in [3.05, 3.63) is 69.8 Å². The third kappa shape index (κ3) is 4.04. The number of carbonyl (C=O) groups excluding carboxylic acids is 1. The van der Waals surface area contributed by atoms with Crippen molar-refractivity contribution in [1.29, 1.82) is 0 Å². The monoisotopic (exact) mass is 372 g/mol. The zero-order valence-electron chi connectivity index (χ0n) is 13.8. The van der Waals surface area contributed by atoms with Crippen molar-refractivity contribution in [3.63, 3.8) is 0 Å². The number of ether oxygens (including phenoxy) is 2. The molecule has 2 aromatic rings. The number of para-hydroxylation sites is 1. The smallest absolute Gasteiger partial charge is 0.343 e. The lowest BCUT2D eigenvalue weighted by atomic mass is 10.1. The van der Waals surface area contributed by atoms with Crippen LogP contribution >= 0.6 is 12.2 Å². The van der Waals surface area contributed by atoms with Gasteiger partial charge in [-0.05, 0) is 24.3 Å². The Morgan fingerprint density at radius 1 is 1.12 bits per heavy atom. The van der Waals surface area contributed by atoms with Gasteiger partial charge in [0.25, 0.3) is 5.69 Å². The molecule has 26 heavy (non-hydrogen) atoms. The molecule has 1 aliphatic heterocycles. The second-order valence-electron chi connectivity index (χ2n) is 5.59. The predicted molar refractivity (Wildman–Crippen MR) is 98.6 cm³/mol. The molecule has 0 saturated carbocycles. The van der Waals surface area contributed by atoms with Gasteiger partial charge in [0.1, 0.15) is 10.7 Å². The largest absolute Gasteiger partial charge is 0.422 e. The van der Waals surface area contributed by atoms with Crippen LogP contribution in [0.1, 0.15) is 15.9 Å². The number of nitro groups is 1. The normalized spacial score (nSPS) is 13.9. The van der Waals surface area contributed by atoms with Gasteiger partial charge in [-0.2, -0.15) is 0 Å². The molecule has 0 bridgehead atoms. The predicted octanol–water partition coefficient (Wildman–Crippen LogP) is 2.82. The van der Waals surface area contributed by atoms with Gasteiger partial charge in [0.05, 0.1) is 29.3 Å². The summed E-state index contributed by atoms with van der Waals surface area (Å²) in [4.78, 5) is 25.2. The fraction of sp³-hybridized carbons (Fsp3) is 0.222. The van der Waals surface area contributed by atoms with Crippen molar-refractivity contribution in [2.24, 2.45) is 0 Å². The van der Waals surface area contributed by atoms with E-state index in [9.17, 15) is 14.9 Å². The summed E-state index contributed by atoms with van der Waals surface area (Å²) in [6.45, 7) is 2.57. The number of carbonyl (C=O) groups is 1. The highest BCUT2D eigenvalue weighted by Crippen LogP contribution is 2.23. The Bertz CT molecular complexity index is 832. The molecule has 0 aliphatic carbocycles. The summed E-state index contributed by atoms with van der Waals surface area (Å²) in [5.74, 6) is -0.246. The van der Waals surface area contributed by atoms with Crippen LogP contribution in [0.25, 0.3) is 0 Å². The van der Waals surface area contributed by atoms with Gasteiger partial charge in [-0.3, -0.25) is 10.1 Å². The Hall–Kier alpha value is -2.84. The maximum atomic E-state index is 12.4. The van der Waals surface area contributed by atoms with E-state index in [0.717, 1.165) is 0 Å². The van der Waals surface area contributed by atoms with Crippen LogP contribution in [0.3, 0.4) is 0 Å². The fourth-order valence-corrected chi connectivity index (χ4v) is 2.90. The third-order valence-corrected chi connectivity index (χ3v) is 4.41. The van der Waals surface area contributed by atoms with E-state index in [1.807, 2.05) is 11.0 Å². The SMILES string of the molecule is O=C(Oc1ccccc1C(=S)N1CCOCC1)c1ccc([N+](=O)[O-])cc1. The van der Waals surface area contributed by atoms with Crippen molar-refractivity contribution in [2.75, 3.05) is 26.3 Å². The minimum absolute atomic E-state index is 0.0876. The molecule has 0 unspecified atom stereocenters. The zero-order chi connectivity index (χ0) is 18.5. The van der Waals surface area contributed by atoms with Crippen LogP contribution in [0.15, 0.2) is 48.5 Å². The number of esters is 1. The number of thiocarbonyl (C=S) groups is 1. The molecule has 0 aromatic heterocycles. The van der Waals surface area contributed by atoms with E-state index in [4.69, 9.17) is 21.7 Å². The molecule has 7 nitrogen and oxygen atoms in total. The molecule has 0 amide bonds. The minimum Gasteiger partial charge on any atom is -0.422 e. The molecule has 8 heteroatoms. The lowest BCUT2D eigenvalue weighted by molar-refractivity contribution is -0.384. The first-order valence-electron chi connectivity index (χ1n) is 7.99. The van der Waals surface area contributed by atoms with Crippen molar-refractivity contribution in [1.82, 2.24) is 4.90 Å². The van der Waals surface area contributed by atoms with Crippen LogP contribution in [0.4, 0.5) is 5.69 Å². The lowest BCUT2D eigenvalue weighted by Gasteiger charge is -2.29. The average molecular weight is 372 g/mol. The van der Waals surface area contributed by atoms with E-state index in [-0.39, 0.29) is 11.3 Å². The molecule has 0 spiro atoms. The molecule has 2 aromatic carbocycles. The highest BCUT2D eigenvalue weighted by Gasteiger charge is 2.20. The standard InChI is InChI=1S/C18H16N2O5S/c21-18(13-5-7-14(8-6-13)20(22)23)25-16-4-2-1-3-15(16)17(26)19-9-11-24-12-10-19/h1-8H,9-12H2. The molecule has 1 heterocycles. The van der Waals surface area contributed by atoms with Crippen molar-refractivity contribution < 1.29 is 19.2 Å². The fourth-order valence-electron chi connectivity index (χ4n) is 2.55. The summed E-state index contributed by atoms with van der Waals surface area (Å²) in [6.07, 6.45) is 0. The molecular weight excluding hydrogens is 356 g/mol. The van der Waals surface area contributed by atoms with Crippen molar-refractivity contribution in [3.8, 4) is 5.75 Å². The van der Waals surface area contributed by atoms with E-state index in [1.54, 1.807) is 18.2 Å². The quantitative estimate of drug-likeness (QED) is 0.268. The Balaban J connectivity index is 1.78. The zero-order valence-corrected chi connectivity index (χ0v) is 14.6. The van der Waals surface area contributed by atoms with Crippen molar-refractivity contribution in [2.45, 2.75) is 0 Å². The van der Waals surface area contributed by atoms with Crippen LogP contribution in [0.5, 0.6) is 5.75 Å². The van der Waals surface area contributed by atoms with E-state index in [2.05, 4.69) is 0 Å². The van der Waals surface area contributed by atoms with Gasteiger partial charge >= 0.3 is 5.97 Å². The van der Waals surface area contributed by atoms with Gasteiger partial charge in [0.15, 0.2) is 0 Å². The van der Waals surface area contributed by atoms with Crippen LogP contribution in [0, 0.1) is 10.1 Å². The Kier molecular flexibility index (Phi) is 5.55. The first-order valence-corrected chi connectivity index (χ1v) is 8.40. The average Bonchev–Trinajstić information content (AvgIpc) is 2.68. The Morgan fingerprint density at radius 3 is 2.42 bits per heavy atom. The number of benzene rings is 2. The summed E-state index contributed by atoms with van der Waals surface area (Å²) in [6, 6.07) is 12.3. The molecule has 1 fully saturated rings. The molecular formula is C18H16N2O5S. The van der Waals surface area contributed by atoms with E-state index >= 15 is 0 Å². The summed E-state index contributed by atoms with van der Waals surface area (Å²) in [5, 5.41) is 10.7. The van der Waals surface area contributed by atoms with E-state index in [0.29, 0.717) is 42.6 Å². The second kappa shape index (κ2) is 8.03. The topological polar surface area (TPSA) is 81.9 Å². The molecule has 3 rings (SSSR count). The summed E-state index contributed by atoms with van der Waals surface area (Å²) < 4.78 is 10.8. The van der Waals surface area contributed by atoms with E-state index < -0.39 is 10.9 Å². The summed E-state index contributed by atoms with van der Waals surface area (Å²) in [5.41, 5.74) is 0.790. The summed E-state index contributed by atoms with van der Waals surface area (Å²) in [7, 11) is 0. The van der Waals surface area contributed by atoms with Crippen LogP contribution in [0.2, 0.25) is 0 Å². The number of morpholine rings is 1. The minimum atomic E-state index is -0.600. The Labute approximate surface area is 155 Å². The van der Waals surface area contributed by atoms with Gasteiger partial charge in [0.2, 0.25) is 0 Å². The number of nitrogens with zero attached hydrogens (tertiary/aromatic N) is 2. The molecule has 1 aliphatic rings. The summed E-state index contributed by atoms with van der Waals surface area (Å²) >= 11 is 5.55. The van der Waals surface area contributed by atoms with Crippen molar-refractivity contribution >= 4 is 28.9 Å². The molecule has 134 valence electrons. The highest BCUT2D eigenvalue weighted by molar-refractivity contribution is 7.80. The molecule has 1 saturated heterocycles. The molecule has 0 radical (unpaired) electrons. The second-order valence-corrected chi connectivity index (χ2v) is 5.98. The maximum Gasteiger partial charge on any atom is 0.343 e. The first-order chi connectivity index (χ1) is 12.6. The number of non-ortho nitro benzene ring substituents is 1. The van der Waals surface area contributed by atoms with Gasteiger partial charge < -0.3 is 14.4 Å². The van der Waals surface area contributed by atoms with Crippen LogP contribution in [-0.2, 0) is 4.74 Å². The molecule has 0 atom stereocenters. The number of rotatable bonds is 4. The van der Waals surface area contributed by atoms with Gasteiger partial charge in [-0.25, -0.2) is 4.79 Å². The molecule has 0 N–H and O–H groups in total. The van der Waals surface area contributed by atoms with E-state index in [1.165, 1.54) is 24.3 Å². The van der Waals surface area contributed by atoms with Gasteiger partial charge in [-0.1, -0.05) is 24.4 Å². The number of hydrogen-bond donors (Lipinski definition) is 0. The highest BCUT2D eigenvalue weighted by atomic mass is 32.1. The number of hydrogen-bond acceptors (Lipinski definition) is 6. The third-order valence-electron chi connectivity index (χ3n) is 3.93. The van der Waals surface area contributed by atoms with Gasteiger partial charge in [-0.15, -0.1) is 0 Å². The lowest BCUT2D eigenvalue weighted by Crippen LogP contribution is -2.40. The van der Waals surface area contributed by atoms with Crippen LogP contribution in [-0.4, -0.2) is 47.1 Å². The first kappa shape index (κ1) is 18.0. The van der Waals surface area contributed by atoms with Gasteiger partial charge in [0, 0.05) is 25.2 Å². The Morgan fingerprint density at radius 2 is 1.77 bits per heavy atom. The number of nitro benzene ring substituents is 1. The van der Waals surface area contributed by atoms with Crippen LogP contribution < -0.4 is 4.74 Å². The maximum absolute atomic E-state index is 12.4.